The molecule has 0 aliphatic heterocycles. The van der Waals surface area contributed by atoms with E-state index in [1.807, 2.05) is 18.7 Å². The lowest BCUT2D eigenvalue weighted by Crippen LogP contribution is -2.38. The van der Waals surface area contributed by atoms with Crippen LogP contribution in [0.15, 0.2) is 29.2 Å². The molecule has 118 valence electrons. The zero-order valence-electron chi connectivity index (χ0n) is 12.7. The van der Waals surface area contributed by atoms with Crippen LogP contribution in [-0.4, -0.2) is 31.8 Å². The van der Waals surface area contributed by atoms with E-state index in [1.165, 1.54) is 12.1 Å². The first-order valence-electron chi connectivity index (χ1n) is 7.12. The van der Waals surface area contributed by atoms with Crippen molar-refractivity contribution >= 4 is 25.6 Å². The first-order chi connectivity index (χ1) is 9.79. The third-order valence-corrected chi connectivity index (χ3v) is 4.99. The lowest BCUT2D eigenvalue weighted by molar-refractivity contribution is -0.133. The number of carbonyl (C=O) groups is 1. The fourth-order valence-corrected chi connectivity index (χ4v) is 2.94. The Balaban J connectivity index is 2.65. The zero-order chi connectivity index (χ0) is 16.0. The molecule has 0 heterocycles. The SMILES string of the molecule is CCC(C)N(CC)C(=O)CCc1ccc(S(=O)(=O)Cl)cc1. The van der Waals surface area contributed by atoms with Gasteiger partial charge in [-0.05, 0) is 44.4 Å². The summed E-state index contributed by atoms with van der Waals surface area (Å²) in [5.41, 5.74) is 0.924. The third kappa shape index (κ3) is 5.32. The van der Waals surface area contributed by atoms with Crippen LogP contribution in [0.1, 0.15) is 39.2 Å². The fourth-order valence-electron chi connectivity index (χ4n) is 2.17. The maximum Gasteiger partial charge on any atom is 0.261 e. The van der Waals surface area contributed by atoms with Gasteiger partial charge < -0.3 is 4.90 Å². The average Bonchev–Trinajstić information content (AvgIpc) is 2.45. The largest absolute Gasteiger partial charge is 0.340 e. The molecule has 1 aromatic rings. The number of rotatable bonds is 7. The van der Waals surface area contributed by atoms with Crippen LogP contribution < -0.4 is 0 Å². The minimum absolute atomic E-state index is 0.0778. The molecule has 0 radical (unpaired) electrons. The zero-order valence-corrected chi connectivity index (χ0v) is 14.2. The van der Waals surface area contributed by atoms with Crippen molar-refractivity contribution < 1.29 is 13.2 Å². The summed E-state index contributed by atoms with van der Waals surface area (Å²) in [4.78, 5) is 14.1. The summed E-state index contributed by atoms with van der Waals surface area (Å²) >= 11 is 0. The Labute approximate surface area is 131 Å². The van der Waals surface area contributed by atoms with Gasteiger partial charge in [-0.25, -0.2) is 8.42 Å². The number of carbonyl (C=O) groups excluding carboxylic acids is 1. The molecule has 1 atom stereocenters. The second kappa shape index (κ2) is 7.80. The minimum Gasteiger partial charge on any atom is -0.340 e. The van der Waals surface area contributed by atoms with Gasteiger partial charge in [-0.15, -0.1) is 0 Å². The van der Waals surface area contributed by atoms with Crippen LogP contribution in [0, 0.1) is 0 Å². The van der Waals surface area contributed by atoms with Gasteiger partial charge in [0.05, 0.1) is 4.90 Å². The van der Waals surface area contributed by atoms with E-state index in [2.05, 4.69) is 6.92 Å². The van der Waals surface area contributed by atoms with Gasteiger partial charge in [0.1, 0.15) is 0 Å². The number of hydrogen-bond acceptors (Lipinski definition) is 3. The molecule has 0 aliphatic rings. The molecule has 1 amide bonds. The molecule has 0 N–H and O–H groups in total. The van der Waals surface area contributed by atoms with Crippen LogP contribution in [0.4, 0.5) is 0 Å². The Kier molecular flexibility index (Phi) is 6.68. The van der Waals surface area contributed by atoms with Crippen molar-refractivity contribution in [2.75, 3.05) is 6.54 Å². The molecule has 1 unspecified atom stereocenters. The summed E-state index contributed by atoms with van der Waals surface area (Å²) in [5.74, 6) is 0.126. The highest BCUT2D eigenvalue weighted by Crippen LogP contribution is 2.16. The van der Waals surface area contributed by atoms with Gasteiger partial charge in [0.25, 0.3) is 9.05 Å². The van der Waals surface area contributed by atoms with Crippen LogP contribution in [0.2, 0.25) is 0 Å². The van der Waals surface area contributed by atoms with Gasteiger partial charge in [-0.3, -0.25) is 4.79 Å². The van der Waals surface area contributed by atoms with Crippen LogP contribution in [0.3, 0.4) is 0 Å². The Bertz CT molecular complexity index is 569. The van der Waals surface area contributed by atoms with E-state index in [0.717, 1.165) is 12.0 Å². The van der Waals surface area contributed by atoms with Crippen molar-refractivity contribution in [3.05, 3.63) is 29.8 Å². The molecule has 0 aliphatic carbocycles. The summed E-state index contributed by atoms with van der Waals surface area (Å²) < 4.78 is 22.3. The first kappa shape index (κ1) is 18.0. The van der Waals surface area contributed by atoms with Crippen molar-refractivity contribution in [3.63, 3.8) is 0 Å². The predicted molar refractivity (Wildman–Crippen MR) is 84.9 cm³/mol. The van der Waals surface area contributed by atoms with E-state index < -0.39 is 9.05 Å². The summed E-state index contributed by atoms with van der Waals surface area (Å²) in [6, 6.07) is 6.57. The van der Waals surface area contributed by atoms with Gasteiger partial charge in [0, 0.05) is 29.7 Å². The normalized spacial score (nSPS) is 13.0. The van der Waals surface area contributed by atoms with Crippen molar-refractivity contribution in [2.45, 2.75) is 51.0 Å². The van der Waals surface area contributed by atoms with Crippen molar-refractivity contribution in [3.8, 4) is 0 Å². The van der Waals surface area contributed by atoms with E-state index in [0.29, 0.717) is 19.4 Å². The monoisotopic (exact) mass is 331 g/mol. The highest BCUT2D eigenvalue weighted by atomic mass is 35.7. The van der Waals surface area contributed by atoms with E-state index >= 15 is 0 Å². The van der Waals surface area contributed by atoms with E-state index in [1.54, 1.807) is 12.1 Å². The van der Waals surface area contributed by atoms with Crippen molar-refractivity contribution in [1.29, 1.82) is 0 Å². The molecule has 0 saturated heterocycles. The Hall–Kier alpha value is -1.07. The maximum atomic E-state index is 12.2. The van der Waals surface area contributed by atoms with Gasteiger partial charge >= 0.3 is 0 Å². The number of aryl methyl sites for hydroxylation is 1. The van der Waals surface area contributed by atoms with Crippen LogP contribution in [0.25, 0.3) is 0 Å². The minimum atomic E-state index is -3.69. The molecule has 0 bridgehead atoms. The number of hydrogen-bond donors (Lipinski definition) is 0. The molecule has 6 heteroatoms. The molecular formula is C15H22ClNO3S. The van der Waals surface area contributed by atoms with Gasteiger partial charge in [0.2, 0.25) is 5.91 Å². The highest BCUT2D eigenvalue weighted by Gasteiger charge is 2.16. The second-order valence-electron chi connectivity index (χ2n) is 5.02. The van der Waals surface area contributed by atoms with Gasteiger partial charge in [-0.1, -0.05) is 19.1 Å². The summed E-state index contributed by atoms with van der Waals surface area (Å²) in [7, 11) is 1.58. The standard InChI is InChI=1S/C15H22ClNO3S/c1-4-12(3)17(5-2)15(18)11-8-13-6-9-14(10-7-13)21(16,19)20/h6-7,9-10,12H,4-5,8,11H2,1-3H3. The lowest BCUT2D eigenvalue weighted by Gasteiger charge is -2.27. The molecule has 1 rings (SSSR count). The number of amides is 1. The van der Waals surface area contributed by atoms with E-state index in [-0.39, 0.29) is 16.8 Å². The molecule has 1 aromatic carbocycles. The van der Waals surface area contributed by atoms with Gasteiger partial charge in [-0.2, -0.15) is 0 Å². The van der Waals surface area contributed by atoms with Gasteiger partial charge in [0.15, 0.2) is 0 Å². The Morgan fingerprint density at radius 3 is 2.24 bits per heavy atom. The highest BCUT2D eigenvalue weighted by molar-refractivity contribution is 8.13. The summed E-state index contributed by atoms with van der Waals surface area (Å²) in [6.45, 7) is 6.79. The predicted octanol–water partition coefficient (Wildman–Crippen LogP) is 3.19. The summed E-state index contributed by atoms with van der Waals surface area (Å²) in [6.07, 6.45) is 1.95. The average molecular weight is 332 g/mol. The molecule has 0 aromatic heterocycles. The van der Waals surface area contributed by atoms with E-state index in [4.69, 9.17) is 10.7 Å². The maximum absolute atomic E-state index is 12.2. The summed E-state index contributed by atoms with van der Waals surface area (Å²) in [5, 5.41) is 0. The smallest absolute Gasteiger partial charge is 0.261 e. The van der Waals surface area contributed by atoms with Crippen LogP contribution >= 0.6 is 10.7 Å². The molecule has 0 spiro atoms. The molecule has 21 heavy (non-hydrogen) atoms. The molecule has 0 saturated carbocycles. The Morgan fingerprint density at radius 1 is 1.24 bits per heavy atom. The second-order valence-corrected chi connectivity index (χ2v) is 7.58. The first-order valence-corrected chi connectivity index (χ1v) is 9.43. The number of nitrogens with zero attached hydrogens (tertiary/aromatic N) is 1. The van der Waals surface area contributed by atoms with Crippen molar-refractivity contribution in [1.82, 2.24) is 4.90 Å². The number of halogens is 1. The fraction of sp³-hybridized carbons (Fsp3) is 0.533. The van der Waals surface area contributed by atoms with Crippen molar-refractivity contribution in [2.24, 2.45) is 0 Å². The molecule has 0 fully saturated rings. The topological polar surface area (TPSA) is 54.5 Å². The molecule has 4 nitrogen and oxygen atoms in total. The van der Waals surface area contributed by atoms with Crippen LogP contribution in [0.5, 0.6) is 0 Å². The number of benzene rings is 1. The third-order valence-electron chi connectivity index (χ3n) is 3.62. The van der Waals surface area contributed by atoms with Crippen LogP contribution in [-0.2, 0) is 20.3 Å². The lowest BCUT2D eigenvalue weighted by atomic mass is 10.1. The molecular weight excluding hydrogens is 310 g/mol. The quantitative estimate of drug-likeness (QED) is 0.721. The Morgan fingerprint density at radius 2 is 1.81 bits per heavy atom. The van der Waals surface area contributed by atoms with E-state index in [9.17, 15) is 13.2 Å².